The summed E-state index contributed by atoms with van der Waals surface area (Å²) < 4.78 is 16.1. The number of carbonyl (C=O) groups is 1. The summed E-state index contributed by atoms with van der Waals surface area (Å²) in [5.41, 5.74) is 0.949. The highest BCUT2D eigenvalue weighted by molar-refractivity contribution is 5.87. The fraction of sp³-hybridized carbons (Fsp3) is 0.450. The summed E-state index contributed by atoms with van der Waals surface area (Å²) in [5, 5.41) is 0. The van der Waals surface area contributed by atoms with Gasteiger partial charge in [-0.25, -0.2) is 4.79 Å². The maximum absolute atomic E-state index is 11.9. The molecule has 4 nitrogen and oxygen atoms in total. The topological polar surface area (TPSA) is 48.1 Å². The first-order chi connectivity index (χ1) is 11.8. The highest BCUT2D eigenvalue weighted by Crippen LogP contribution is 2.43. The van der Waals surface area contributed by atoms with Crippen molar-refractivity contribution in [2.45, 2.75) is 18.9 Å². The minimum Gasteiger partial charge on any atom is -0.491 e. The fourth-order valence-electron chi connectivity index (χ4n) is 3.52. The van der Waals surface area contributed by atoms with Crippen LogP contribution in [0.1, 0.15) is 18.4 Å². The molecule has 0 radical (unpaired) electrons. The third-order valence-electron chi connectivity index (χ3n) is 4.99. The lowest BCUT2D eigenvalue weighted by Crippen LogP contribution is -2.16. The van der Waals surface area contributed by atoms with Gasteiger partial charge in [0.25, 0.3) is 0 Å². The van der Waals surface area contributed by atoms with E-state index in [-0.39, 0.29) is 12.1 Å². The predicted molar refractivity (Wildman–Crippen MR) is 90.5 cm³/mol. The molecule has 126 valence electrons. The molecule has 4 atom stereocenters. The van der Waals surface area contributed by atoms with E-state index in [1.165, 1.54) is 12.5 Å². The standard InChI is InChI=1S/C20H22O4/c21-20(24-11-17-10-15-1-5-16(17)9-15)8-4-14-2-6-18(7-3-14)22-12-19-13-23-19/h1-8,15-17,19H,9-13H2. The molecule has 4 heteroatoms. The Hall–Kier alpha value is -2.07. The smallest absolute Gasteiger partial charge is 0.330 e. The summed E-state index contributed by atoms with van der Waals surface area (Å²) >= 11 is 0. The first-order valence-corrected chi connectivity index (χ1v) is 8.64. The van der Waals surface area contributed by atoms with E-state index in [4.69, 9.17) is 14.2 Å². The number of benzene rings is 1. The minimum absolute atomic E-state index is 0.255. The second kappa shape index (κ2) is 6.81. The first-order valence-electron chi connectivity index (χ1n) is 8.64. The lowest BCUT2D eigenvalue weighted by Gasteiger charge is -2.17. The van der Waals surface area contributed by atoms with Gasteiger partial charge >= 0.3 is 5.97 Å². The number of esters is 1. The molecule has 1 saturated heterocycles. The molecule has 1 aromatic rings. The third-order valence-corrected chi connectivity index (χ3v) is 4.99. The molecule has 2 aliphatic carbocycles. The number of ether oxygens (including phenoxy) is 3. The molecular formula is C20H22O4. The fourth-order valence-corrected chi connectivity index (χ4v) is 3.52. The lowest BCUT2D eigenvalue weighted by atomic mass is 9.95. The zero-order valence-electron chi connectivity index (χ0n) is 13.6. The molecule has 4 rings (SSSR count). The van der Waals surface area contributed by atoms with Gasteiger partial charge in [-0.15, -0.1) is 0 Å². The quantitative estimate of drug-likeness (QED) is 0.334. The molecule has 0 aromatic heterocycles. The van der Waals surface area contributed by atoms with Crippen LogP contribution in [-0.4, -0.2) is 31.9 Å². The molecule has 1 saturated carbocycles. The molecule has 1 aliphatic heterocycles. The van der Waals surface area contributed by atoms with Gasteiger partial charge in [-0.05, 0) is 54.4 Å². The predicted octanol–water partition coefficient (Wildman–Crippen LogP) is 3.23. The van der Waals surface area contributed by atoms with Gasteiger partial charge in [-0.2, -0.15) is 0 Å². The van der Waals surface area contributed by atoms with Crippen LogP contribution in [0.2, 0.25) is 0 Å². The largest absolute Gasteiger partial charge is 0.491 e. The van der Waals surface area contributed by atoms with Crippen LogP contribution < -0.4 is 4.74 Å². The Labute approximate surface area is 142 Å². The van der Waals surface area contributed by atoms with Crippen LogP contribution in [0.3, 0.4) is 0 Å². The van der Waals surface area contributed by atoms with Crippen molar-refractivity contribution in [2.75, 3.05) is 19.8 Å². The zero-order valence-corrected chi connectivity index (χ0v) is 13.6. The zero-order chi connectivity index (χ0) is 16.4. The van der Waals surface area contributed by atoms with E-state index in [9.17, 15) is 4.79 Å². The molecule has 2 bridgehead atoms. The van der Waals surface area contributed by atoms with Gasteiger partial charge in [0.1, 0.15) is 18.5 Å². The second-order valence-electron chi connectivity index (χ2n) is 6.84. The van der Waals surface area contributed by atoms with E-state index in [0.717, 1.165) is 24.3 Å². The van der Waals surface area contributed by atoms with Crippen molar-refractivity contribution in [1.29, 1.82) is 0 Å². The molecular weight excluding hydrogens is 304 g/mol. The number of allylic oxidation sites excluding steroid dienone is 2. The Morgan fingerprint density at radius 3 is 2.67 bits per heavy atom. The van der Waals surface area contributed by atoms with Gasteiger partial charge in [0, 0.05) is 6.08 Å². The van der Waals surface area contributed by atoms with E-state index in [0.29, 0.717) is 31.0 Å². The van der Waals surface area contributed by atoms with Crippen LogP contribution >= 0.6 is 0 Å². The Morgan fingerprint density at radius 1 is 1.17 bits per heavy atom. The third kappa shape index (κ3) is 3.88. The average molecular weight is 326 g/mol. The van der Waals surface area contributed by atoms with E-state index in [1.807, 2.05) is 24.3 Å². The summed E-state index contributed by atoms with van der Waals surface area (Å²) in [7, 11) is 0. The molecule has 1 heterocycles. The molecule has 4 unspecified atom stereocenters. The van der Waals surface area contributed by atoms with E-state index in [1.54, 1.807) is 6.08 Å². The van der Waals surface area contributed by atoms with Crippen LogP contribution in [0, 0.1) is 17.8 Å². The van der Waals surface area contributed by atoms with Crippen LogP contribution in [0.5, 0.6) is 5.75 Å². The highest BCUT2D eigenvalue weighted by Gasteiger charge is 2.36. The summed E-state index contributed by atoms with van der Waals surface area (Å²) in [6, 6.07) is 7.64. The van der Waals surface area contributed by atoms with Crippen molar-refractivity contribution in [3.05, 3.63) is 48.1 Å². The summed E-state index contributed by atoms with van der Waals surface area (Å²) in [6.07, 6.45) is 10.5. The van der Waals surface area contributed by atoms with Crippen LogP contribution in [0.25, 0.3) is 6.08 Å². The summed E-state index contributed by atoms with van der Waals surface area (Å²) in [6.45, 7) is 1.92. The molecule has 0 N–H and O–H groups in total. The van der Waals surface area contributed by atoms with Gasteiger partial charge in [-0.3, -0.25) is 0 Å². The number of carbonyl (C=O) groups excluding carboxylic acids is 1. The van der Waals surface area contributed by atoms with Gasteiger partial charge in [0.15, 0.2) is 0 Å². The lowest BCUT2D eigenvalue weighted by molar-refractivity contribution is -0.139. The minimum atomic E-state index is -0.270. The van der Waals surface area contributed by atoms with Gasteiger partial charge in [0.2, 0.25) is 0 Å². The Balaban J connectivity index is 1.22. The molecule has 0 amide bonds. The monoisotopic (exact) mass is 326 g/mol. The van der Waals surface area contributed by atoms with Crippen LogP contribution in [-0.2, 0) is 14.3 Å². The maximum atomic E-state index is 11.9. The first kappa shape index (κ1) is 15.5. The number of hydrogen-bond acceptors (Lipinski definition) is 4. The van der Waals surface area contributed by atoms with Crippen molar-refractivity contribution >= 4 is 12.0 Å². The van der Waals surface area contributed by atoms with Crippen LogP contribution in [0.4, 0.5) is 0 Å². The Kier molecular flexibility index (Phi) is 4.39. The van der Waals surface area contributed by atoms with Crippen molar-refractivity contribution in [2.24, 2.45) is 17.8 Å². The molecule has 0 spiro atoms. The van der Waals surface area contributed by atoms with Crippen molar-refractivity contribution in [1.82, 2.24) is 0 Å². The van der Waals surface area contributed by atoms with Crippen molar-refractivity contribution in [3.63, 3.8) is 0 Å². The summed E-state index contributed by atoms with van der Waals surface area (Å²) in [4.78, 5) is 11.9. The average Bonchev–Trinajstić information content (AvgIpc) is 3.21. The van der Waals surface area contributed by atoms with E-state index in [2.05, 4.69) is 12.2 Å². The maximum Gasteiger partial charge on any atom is 0.330 e. The van der Waals surface area contributed by atoms with Crippen LogP contribution in [0.15, 0.2) is 42.5 Å². The number of fused-ring (bicyclic) bond motifs is 2. The van der Waals surface area contributed by atoms with Gasteiger partial charge in [0.05, 0.1) is 13.2 Å². The molecule has 1 aromatic carbocycles. The number of hydrogen-bond donors (Lipinski definition) is 0. The molecule has 2 fully saturated rings. The Bertz CT molecular complexity index is 642. The van der Waals surface area contributed by atoms with Gasteiger partial charge < -0.3 is 14.2 Å². The SMILES string of the molecule is O=C(C=Cc1ccc(OCC2CO2)cc1)OCC1CC2C=CC1C2. The molecule has 24 heavy (non-hydrogen) atoms. The van der Waals surface area contributed by atoms with Crippen molar-refractivity contribution < 1.29 is 19.0 Å². The summed E-state index contributed by atoms with van der Waals surface area (Å²) in [5.74, 6) is 2.37. The van der Waals surface area contributed by atoms with E-state index < -0.39 is 0 Å². The second-order valence-corrected chi connectivity index (χ2v) is 6.84. The normalized spacial score (nSPS) is 30.0. The Morgan fingerprint density at radius 2 is 2.00 bits per heavy atom. The van der Waals surface area contributed by atoms with E-state index >= 15 is 0 Å². The van der Waals surface area contributed by atoms with Gasteiger partial charge in [-0.1, -0.05) is 24.3 Å². The molecule has 3 aliphatic rings. The number of epoxide rings is 1. The number of rotatable bonds is 7. The van der Waals surface area contributed by atoms with Crippen molar-refractivity contribution in [3.8, 4) is 5.75 Å². The highest BCUT2D eigenvalue weighted by atomic mass is 16.6.